The molecule has 6 rings (SSSR count). The summed E-state index contributed by atoms with van der Waals surface area (Å²) in [4.78, 5) is 9.01. The summed E-state index contributed by atoms with van der Waals surface area (Å²) in [6.07, 6.45) is -2.03. The lowest BCUT2D eigenvalue weighted by Gasteiger charge is -2.12. The Kier molecular flexibility index (Phi) is 3.31. The van der Waals surface area contributed by atoms with Crippen molar-refractivity contribution in [2.24, 2.45) is 4.99 Å². The first-order valence-corrected chi connectivity index (χ1v) is 9.71. The van der Waals surface area contributed by atoms with Crippen molar-refractivity contribution in [3.05, 3.63) is 95.6 Å². The van der Waals surface area contributed by atoms with E-state index in [4.69, 9.17) is 12.2 Å². The van der Waals surface area contributed by atoms with E-state index in [2.05, 4.69) is 9.98 Å². The molecule has 0 radical (unpaired) electrons. The summed E-state index contributed by atoms with van der Waals surface area (Å²) in [5.74, 6) is 1.38. The van der Waals surface area contributed by atoms with E-state index in [0.29, 0.717) is 34.2 Å². The second-order valence-corrected chi connectivity index (χ2v) is 7.28. The predicted octanol–water partition coefficient (Wildman–Crippen LogP) is 5.18. The van der Waals surface area contributed by atoms with E-state index in [9.17, 15) is 5.11 Å². The van der Waals surface area contributed by atoms with Crippen LogP contribution >= 0.6 is 0 Å². The molecular formula is C25H18N2O3. The standard InChI is InChI=1S/C25H18N2O3/c28-21-10-4-6-15-11-12-22(27-23(15)21)29-18-8-3-7-17(13-18)25-26-20-14-16-5-1-2-9-19(16)24(20)30-25/h1-13,20,24,28H,14H2/t20-,24+/m0/s1/i14D2. The van der Waals surface area contributed by atoms with Crippen molar-refractivity contribution in [2.45, 2.75) is 18.5 Å². The van der Waals surface area contributed by atoms with Crippen molar-refractivity contribution in [2.75, 3.05) is 0 Å². The van der Waals surface area contributed by atoms with Gasteiger partial charge in [-0.25, -0.2) is 9.98 Å². The van der Waals surface area contributed by atoms with Crippen molar-refractivity contribution in [3.63, 3.8) is 0 Å². The molecule has 146 valence electrons. The lowest BCUT2D eigenvalue weighted by atomic mass is 10.1. The SMILES string of the molecule is [2H]C1([2H])c2ccccc2[C@H]2OC(c3cccc(Oc4ccc5cccc(O)c5n4)c3)=N[C@H]21. The summed E-state index contributed by atoms with van der Waals surface area (Å²) in [6, 6.07) is 22.9. The number of hydrogen-bond acceptors (Lipinski definition) is 5. The van der Waals surface area contributed by atoms with Gasteiger partial charge in [0.05, 0.1) is 6.04 Å². The van der Waals surface area contributed by atoms with Gasteiger partial charge in [0, 0.05) is 19.8 Å². The number of aromatic nitrogens is 1. The van der Waals surface area contributed by atoms with E-state index in [1.165, 1.54) is 0 Å². The number of aliphatic imine (C=N–C) groups is 1. The number of benzene rings is 3. The molecule has 2 atom stereocenters. The van der Waals surface area contributed by atoms with E-state index in [1.54, 1.807) is 36.4 Å². The number of phenols is 1. The fourth-order valence-electron chi connectivity index (χ4n) is 3.91. The first-order chi connectivity index (χ1) is 15.5. The van der Waals surface area contributed by atoms with Crippen molar-refractivity contribution >= 4 is 16.8 Å². The largest absolute Gasteiger partial charge is 0.506 e. The normalized spacial score (nSPS) is 21.8. The number of pyridine rings is 1. The number of hydrogen-bond donors (Lipinski definition) is 1. The number of phenolic OH excluding ortho intramolecular Hbond substituents is 1. The fourth-order valence-corrected chi connectivity index (χ4v) is 3.91. The zero-order chi connectivity index (χ0) is 21.9. The lowest BCUT2D eigenvalue weighted by Crippen LogP contribution is -2.08. The van der Waals surface area contributed by atoms with E-state index >= 15 is 0 Å². The second-order valence-electron chi connectivity index (χ2n) is 7.28. The minimum Gasteiger partial charge on any atom is -0.506 e. The van der Waals surface area contributed by atoms with E-state index in [-0.39, 0.29) is 5.75 Å². The van der Waals surface area contributed by atoms with Crippen LogP contribution < -0.4 is 4.74 Å². The predicted molar refractivity (Wildman–Crippen MR) is 114 cm³/mol. The maximum Gasteiger partial charge on any atom is 0.219 e. The highest BCUT2D eigenvalue weighted by Gasteiger charge is 2.39. The Hall–Kier alpha value is -3.86. The van der Waals surface area contributed by atoms with Crippen LogP contribution in [-0.4, -0.2) is 22.0 Å². The van der Waals surface area contributed by atoms with Crippen molar-refractivity contribution in [3.8, 4) is 17.4 Å². The van der Waals surface area contributed by atoms with Crippen LogP contribution in [-0.2, 0) is 11.1 Å². The minimum absolute atomic E-state index is 0.0940. The smallest absolute Gasteiger partial charge is 0.219 e. The average molecular weight is 396 g/mol. The van der Waals surface area contributed by atoms with Gasteiger partial charge in [0.1, 0.15) is 23.1 Å². The number of ether oxygens (including phenoxy) is 2. The summed E-state index contributed by atoms with van der Waals surface area (Å²) in [7, 11) is 0. The van der Waals surface area contributed by atoms with E-state index in [1.807, 2.05) is 42.5 Å². The highest BCUT2D eigenvalue weighted by Crippen LogP contribution is 2.41. The molecule has 4 aromatic rings. The van der Waals surface area contributed by atoms with Gasteiger partial charge in [-0.2, -0.15) is 0 Å². The van der Waals surface area contributed by atoms with Crippen molar-refractivity contribution < 1.29 is 17.3 Å². The van der Waals surface area contributed by atoms with Crippen molar-refractivity contribution in [1.29, 1.82) is 0 Å². The number of fused-ring (bicyclic) bond motifs is 4. The molecule has 0 saturated heterocycles. The van der Waals surface area contributed by atoms with Gasteiger partial charge >= 0.3 is 0 Å². The topological polar surface area (TPSA) is 63.9 Å². The van der Waals surface area contributed by atoms with Gasteiger partial charge in [-0.05, 0) is 47.8 Å². The molecule has 2 heterocycles. The van der Waals surface area contributed by atoms with Crippen LogP contribution in [0.2, 0.25) is 0 Å². The molecule has 0 bridgehead atoms. The molecule has 5 nitrogen and oxygen atoms in total. The first-order valence-electron chi connectivity index (χ1n) is 10.7. The molecule has 1 N–H and O–H groups in total. The number of rotatable bonds is 3. The van der Waals surface area contributed by atoms with Gasteiger partial charge in [0.2, 0.25) is 11.8 Å². The van der Waals surface area contributed by atoms with E-state index in [0.717, 1.165) is 10.9 Å². The Morgan fingerprint density at radius 1 is 1.00 bits per heavy atom. The second kappa shape index (κ2) is 6.59. The van der Waals surface area contributed by atoms with Crippen LogP contribution in [0, 0.1) is 0 Å². The minimum atomic E-state index is -1.59. The number of nitrogens with zero attached hydrogens (tertiary/aromatic N) is 2. The van der Waals surface area contributed by atoms with Gasteiger partial charge in [-0.3, -0.25) is 0 Å². The molecule has 5 heteroatoms. The molecule has 30 heavy (non-hydrogen) atoms. The van der Waals surface area contributed by atoms with Crippen LogP contribution in [0.5, 0.6) is 17.4 Å². The first kappa shape index (κ1) is 15.0. The third-order valence-corrected chi connectivity index (χ3v) is 5.33. The van der Waals surface area contributed by atoms with E-state index < -0.39 is 18.5 Å². The van der Waals surface area contributed by atoms with Gasteiger partial charge in [-0.15, -0.1) is 0 Å². The Balaban J connectivity index is 1.30. The highest BCUT2D eigenvalue weighted by atomic mass is 16.5. The molecule has 1 aromatic heterocycles. The quantitative estimate of drug-likeness (QED) is 0.519. The molecule has 1 aliphatic heterocycles. The van der Waals surface area contributed by atoms with Crippen LogP contribution in [0.1, 0.15) is 25.5 Å². The number of aromatic hydroxyl groups is 1. The van der Waals surface area contributed by atoms with Gasteiger partial charge < -0.3 is 14.6 Å². The molecule has 0 unspecified atom stereocenters. The molecule has 3 aromatic carbocycles. The van der Waals surface area contributed by atoms with Crippen LogP contribution in [0.25, 0.3) is 10.9 Å². The Bertz CT molecular complexity index is 1400. The van der Waals surface area contributed by atoms with Crippen LogP contribution in [0.4, 0.5) is 0 Å². The van der Waals surface area contributed by atoms with Gasteiger partial charge in [0.15, 0.2) is 0 Å². The molecular weight excluding hydrogens is 376 g/mol. The zero-order valence-corrected chi connectivity index (χ0v) is 15.8. The molecule has 2 aliphatic rings. The monoisotopic (exact) mass is 396 g/mol. The summed E-state index contributed by atoms with van der Waals surface area (Å²) in [5, 5.41) is 10.9. The Morgan fingerprint density at radius 3 is 2.87 bits per heavy atom. The van der Waals surface area contributed by atoms with Crippen molar-refractivity contribution in [1.82, 2.24) is 4.98 Å². The van der Waals surface area contributed by atoms with Gasteiger partial charge in [-0.1, -0.05) is 42.5 Å². The molecule has 1 aliphatic carbocycles. The molecule has 0 saturated carbocycles. The zero-order valence-electron chi connectivity index (χ0n) is 17.8. The van der Waals surface area contributed by atoms with Crippen LogP contribution in [0.15, 0.2) is 83.9 Å². The third kappa shape index (κ3) is 2.78. The summed E-state index contributed by atoms with van der Waals surface area (Å²) in [6.45, 7) is 0. The van der Waals surface area contributed by atoms with Gasteiger partial charge in [0.25, 0.3) is 0 Å². The molecule has 0 fully saturated rings. The maximum atomic E-state index is 10.1. The summed E-state index contributed by atoms with van der Waals surface area (Å²) in [5.41, 5.74) is 2.65. The Labute approximate surface area is 176 Å². The fraction of sp³-hybridized carbons (Fsp3) is 0.120. The number of para-hydroxylation sites is 1. The average Bonchev–Trinajstić information content (AvgIpc) is 3.34. The summed E-state index contributed by atoms with van der Waals surface area (Å²) >= 11 is 0. The third-order valence-electron chi connectivity index (χ3n) is 5.33. The summed E-state index contributed by atoms with van der Waals surface area (Å²) < 4.78 is 29.1. The molecule has 0 amide bonds. The molecule has 0 spiro atoms. The Morgan fingerprint density at radius 2 is 1.90 bits per heavy atom. The maximum absolute atomic E-state index is 10.1. The highest BCUT2D eigenvalue weighted by molar-refractivity contribution is 5.96. The lowest BCUT2D eigenvalue weighted by molar-refractivity contribution is 0.209. The van der Waals surface area contributed by atoms with Crippen LogP contribution in [0.3, 0.4) is 0 Å².